The van der Waals surface area contributed by atoms with E-state index in [1.54, 1.807) is 38.5 Å². The number of carbonyl (C=O) groups excluding carboxylic acids is 1. The normalized spacial score (nSPS) is 10.3. The molecule has 0 radical (unpaired) electrons. The van der Waals surface area contributed by atoms with E-state index in [0.29, 0.717) is 23.0 Å². The van der Waals surface area contributed by atoms with E-state index >= 15 is 0 Å². The van der Waals surface area contributed by atoms with Crippen LogP contribution in [0.1, 0.15) is 16.2 Å². The lowest BCUT2D eigenvalue weighted by Gasteiger charge is -2.04. The zero-order valence-corrected chi connectivity index (χ0v) is 13.9. The second kappa shape index (κ2) is 7.48. The van der Waals surface area contributed by atoms with Gasteiger partial charge in [0.05, 0.1) is 20.8 Å². The number of aromatic nitrogens is 2. The highest BCUT2D eigenvalue weighted by atomic mass is 16.5. The van der Waals surface area contributed by atoms with Crippen LogP contribution in [0.5, 0.6) is 11.5 Å². The van der Waals surface area contributed by atoms with Gasteiger partial charge in [0.15, 0.2) is 0 Å². The van der Waals surface area contributed by atoms with Gasteiger partial charge in [-0.2, -0.15) is 4.98 Å². The van der Waals surface area contributed by atoms with Gasteiger partial charge in [-0.05, 0) is 42.5 Å². The summed E-state index contributed by atoms with van der Waals surface area (Å²) in [6.07, 6.45) is 0. The van der Waals surface area contributed by atoms with Crippen molar-refractivity contribution in [2.24, 2.45) is 0 Å². The Kier molecular flexibility index (Phi) is 4.94. The number of rotatable bonds is 6. The van der Waals surface area contributed by atoms with Gasteiger partial charge >= 0.3 is 0 Å². The molecule has 0 aliphatic rings. The van der Waals surface area contributed by atoms with E-state index in [1.165, 1.54) is 0 Å². The SMILES string of the molecule is COc1ccc(-c2noc(CNC(=O)c3cccc(OC)c3)n2)cc1. The number of hydrogen-bond acceptors (Lipinski definition) is 6. The number of carbonyl (C=O) groups is 1. The Labute approximate surface area is 144 Å². The molecule has 1 amide bonds. The Morgan fingerprint density at radius 2 is 1.84 bits per heavy atom. The van der Waals surface area contributed by atoms with Gasteiger partial charge in [-0.1, -0.05) is 11.2 Å². The van der Waals surface area contributed by atoms with Crippen molar-refractivity contribution in [1.29, 1.82) is 0 Å². The molecule has 3 rings (SSSR count). The van der Waals surface area contributed by atoms with Crippen LogP contribution in [0.4, 0.5) is 0 Å². The van der Waals surface area contributed by atoms with Gasteiger partial charge < -0.3 is 19.3 Å². The van der Waals surface area contributed by atoms with Gasteiger partial charge in [0, 0.05) is 11.1 Å². The van der Waals surface area contributed by atoms with Crippen LogP contribution in [0.25, 0.3) is 11.4 Å². The number of ether oxygens (including phenoxy) is 2. The lowest BCUT2D eigenvalue weighted by Crippen LogP contribution is -2.22. The average Bonchev–Trinajstić information content (AvgIpc) is 3.15. The van der Waals surface area contributed by atoms with Crippen LogP contribution in [0.2, 0.25) is 0 Å². The van der Waals surface area contributed by atoms with Crippen molar-refractivity contribution >= 4 is 5.91 Å². The van der Waals surface area contributed by atoms with E-state index in [9.17, 15) is 4.79 Å². The topological polar surface area (TPSA) is 86.5 Å². The summed E-state index contributed by atoms with van der Waals surface area (Å²) in [6.45, 7) is 0.138. The van der Waals surface area contributed by atoms with Crippen molar-refractivity contribution in [2.75, 3.05) is 14.2 Å². The molecule has 0 saturated carbocycles. The minimum Gasteiger partial charge on any atom is -0.497 e. The fourth-order valence-corrected chi connectivity index (χ4v) is 2.21. The van der Waals surface area contributed by atoms with Crippen LogP contribution in [-0.2, 0) is 6.54 Å². The summed E-state index contributed by atoms with van der Waals surface area (Å²) in [5.74, 6) is 1.89. The van der Waals surface area contributed by atoms with Crippen LogP contribution in [-0.4, -0.2) is 30.3 Å². The lowest BCUT2D eigenvalue weighted by molar-refractivity contribution is 0.0946. The molecule has 3 aromatic rings. The quantitative estimate of drug-likeness (QED) is 0.743. The molecule has 2 aromatic carbocycles. The third kappa shape index (κ3) is 3.95. The first-order valence-electron chi connectivity index (χ1n) is 7.59. The van der Waals surface area contributed by atoms with E-state index in [0.717, 1.165) is 11.3 Å². The zero-order valence-electron chi connectivity index (χ0n) is 13.9. The van der Waals surface area contributed by atoms with Crippen LogP contribution in [0.3, 0.4) is 0 Å². The highest BCUT2D eigenvalue weighted by Crippen LogP contribution is 2.19. The lowest BCUT2D eigenvalue weighted by atomic mass is 10.2. The number of hydrogen-bond donors (Lipinski definition) is 1. The summed E-state index contributed by atoms with van der Waals surface area (Å²) in [6, 6.07) is 14.2. The predicted molar refractivity (Wildman–Crippen MR) is 90.5 cm³/mol. The summed E-state index contributed by atoms with van der Waals surface area (Å²) in [4.78, 5) is 16.4. The molecule has 7 nitrogen and oxygen atoms in total. The summed E-state index contributed by atoms with van der Waals surface area (Å²) < 4.78 is 15.4. The molecule has 7 heteroatoms. The van der Waals surface area contributed by atoms with E-state index in [2.05, 4.69) is 15.5 Å². The maximum absolute atomic E-state index is 12.2. The maximum Gasteiger partial charge on any atom is 0.251 e. The fraction of sp³-hybridized carbons (Fsp3) is 0.167. The Bertz CT molecular complexity index is 859. The van der Waals surface area contributed by atoms with Gasteiger partial charge in [0.1, 0.15) is 11.5 Å². The van der Waals surface area contributed by atoms with Crippen LogP contribution >= 0.6 is 0 Å². The Balaban J connectivity index is 1.63. The third-order valence-corrected chi connectivity index (χ3v) is 3.55. The molecule has 1 N–H and O–H groups in total. The van der Waals surface area contributed by atoms with Crippen molar-refractivity contribution in [3.63, 3.8) is 0 Å². The van der Waals surface area contributed by atoms with Gasteiger partial charge in [0.2, 0.25) is 11.7 Å². The molecule has 0 fully saturated rings. The molecule has 1 heterocycles. The number of nitrogens with zero attached hydrogens (tertiary/aromatic N) is 2. The number of amides is 1. The van der Waals surface area contributed by atoms with Gasteiger partial charge in [-0.15, -0.1) is 0 Å². The second-order valence-corrected chi connectivity index (χ2v) is 5.15. The average molecular weight is 339 g/mol. The van der Waals surface area contributed by atoms with Gasteiger partial charge in [-0.25, -0.2) is 0 Å². The molecular weight excluding hydrogens is 322 g/mol. The van der Waals surface area contributed by atoms with Crippen molar-refractivity contribution in [1.82, 2.24) is 15.5 Å². The summed E-state index contributed by atoms with van der Waals surface area (Å²) >= 11 is 0. The Morgan fingerprint density at radius 1 is 1.08 bits per heavy atom. The number of methoxy groups -OCH3 is 2. The largest absolute Gasteiger partial charge is 0.497 e. The van der Waals surface area contributed by atoms with Crippen molar-refractivity contribution < 1.29 is 18.8 Å². The van der Waals surface area contributed by atoms with E-state index in [-0.39, 0.29) is 12.5 Å². The minimum atomic E-state index is -0.247. The van der Waals surface area contributed by atoms with Crippen molar-refractivity contribution in [3.05, 3.63) is 60.0 Å². The molecule has 0 saturated heterocycles. The smallest absolute Gasteiger partial charge is 0.251 e. The standard InChI is InChI=1S/C18H17N3O4/c1-23-14-8-6-12(7-9-14)17-20-16(25-21-17)11-19-18(22)13-4-3-5-15(10-13)24-2/h3-10H,11H2,1-2H3,(H,19,22). The maximum atomic E-state index is 12.2. The Hall–Kier alpha value is -3.35. The molecule has 0 spiro atoms. The summed E-state index contributed by atoms with van der Waals surface area (Å²) in [5, 5.41) is 6.66. The van der Waals surface area contributed by atoms with Crippen LogP contribution < -0.4 is 14.8 Å². The molecule has 0 atom stereocenters. The minimum absolute atomic E-state index is 0.138. The molecule has 1 aromatic heterocycles. The third-order valence-electron chi connectivity index (χ3n) is 3.55. The monoisotopic (exact) mass is 339 g/mol. The molecule has 0 aliphatic heterocycles. The number of benzene rings is 2. The molecule has 25 heavy (non-hydrogen) atoms. The second-order valence-electron chi connectivity index (χ2n) is 5.15. The molecular formula is C18H17N3O4. The first-order chi connectivity index (χ1) is 12.2. The first-order valence-corrected chi connectivity index (χ1v) is 7.59. The van der Waals surface area contributed by atoms with Crippen LogP contribution in [0.15, 0.2) is 53.1 Å². The summed E-state index contributed by atoms with van der Waals surface area (Å²) in [5.41, 5.74) is 1.30. The van der Waals surface area contributed by atoms with Gasteiger partial charge in [0.25, 0.3) is 5.91 Å². The molecule has 128 valence electrons. The van der Waals surface area contributed by atoms with E-state index in [4.69, 9.17) is 14.0 Å². The van der Waals surface area contributed by atoms with Gasteiger partial charge in [-0.3, -0.25) is 4.79 Å². The first kappa shape index (κ1) is 16.5. The number of nitrogens with one attached hydrogen (secondary N) is 1. The highest BCUT2D eigenvalue weighted by Gasteiger charge is 2.11. The predicted octanol–water partition coefficient (Wildman–Crippen LogP) is 2.68. The fourth-order valence-electron chi connectivity index (χ4n) is 2.21. The van der Waals surface area contributed by atoms with E-state index < -0.39 is 0 Å². The van der Waals surface area contributed by atoms with E-state index in [1.807, 2.05) is 24.3 Å². The van der Waals surface area contributed by atoms with Crippen molar-refractivity contribution in [2.45, 2.75) is 6.54 Å². The highest BCUT2D eigenvalue weighted by molar-refractivity contribution is 5.94. The Morgan fingerprint density at radius 3 is 2.56 bits per heavy atom. The molecule has 0 aliphatic carbocycles. The van der Waals surface area contributed by atoms with Crippen molar-refractivity contribution in [3.8, 4) is 22.9 Å². The van der Waals surface area contributed by atoms with Crippen LogP contribution in [0, 0.1) is 0 Å². The summed E-state index contributed by atoms with van der Waals surface area (Å²) in [7, 11) is 3.16. The molecule has 0 unspecified atom stereocenters. The molecule has 0 bridgehead atoms. The zero-order chi connectivity index (χ0) is 17.6.